The van der Waals surface area contributed by atoms with Crippen LogP contribution < -0.4 is 16.4 Å². The lowest BCUT2D eigenvalue weighted by Crippen LogP contribution is -2.37. The summed E-state index contributed by atoms with van der Waals surface area (Å²) in [7, 11) is 0. The van der Waals surface area contributed by atoms with Gasteiger partial charge in [-0.25, -0.2) is 0 Å². The van der Waals surface area contributed by atoms with E-state index in [1.54, 1.807) is 18.2 Å². The second-order valence-corrected chi connectivity index (χ2v) is 7.33. The second kappa shape index (κ2) is 8.82. The molecule has 1 aliphatic heterocycles. The summed E-state index contributed by atoms with van der Waals surface area (Å²) in [6.07, 6.45) is 1.85. The third-order valence-corrected chi connectivity index (χ3v) is 5.36. The highest BCUT2D eigenvalue weighted by molar-refractivity contribution is 6.33. The molecule has 2 aromatic carbocycles. The van der Waals surface area contributed by atoms with Gasteiger partial charge in [0, 0.05) is 28.1 Å². The minimum Gasteiger partial charge on any atom is -0.366 e. The number of piperidine rings is 1. The molecule has 2 amide bonds. The summed E-state index contributed by atoms with van der Waals surface area (Å²) in [6.45, 7) is 1.62. The summed E-state index contributed by atoms with van der Waals surface area (Å²) >= 11 is 6.33. The molecule has 0 bridgehead atoms. The third kappa shape index (κ3) is 4.37. The summed E-state index contributed by atoms with van der Waals surface area (Å²) in [4.78, 5) is 24.1. The van der Waals surface area contributed by atoms with E-state index in [2.05, 4.69) is 20.8 Å². The topological polar surface area (TPSA) is 113 Å². The molecular weight excluding hydrogens is 413 g/mol. The van der Waals surface area contributed by atoms with Crippen LogP contribution in [0.15, 0.2) is 36.4 Å². The minimum absolute atomic E-state index is 0. The Morgan fingerprint density at radius 2 is 2.03 bits per heavy atom. The van der Waals surface area contributed by atoms with Gasteiger partial charge in [-0.15, -0.1) is 12.4 Å². The van der Waals surface area contributed by atoms with E-state index in [4.69, 9.17) is 17.3 Å². The second-order valence-electron chi connectivity index (χ2n) is 6.92. The van der Waals surface area contributed by atoms with Gasteiger partial charge in [0.05, 0.1) is 11.4 Å². The number of hydrogen-bond acceptors (Lipinski definition) is 4. The summed E-state index contributed by atoms with van der Waals surface area (Å²) in [5.41, 5.74) is 8.05. The van der Waals surface area contributed by atoms with Crippen molar-refractivity contribution in [2.75, 3.05) is 18.4 Å². The van der Waals surface area contributed by atoms with Gasteiger partial charge in [-0.3, -0.25) is 14.7 Å². The number of anilines is 1. The number of nitrogens with two attached hydrogens (primary N) is 1. The number of H-pyrrole nitrogens is 1. The molecule has 29 heavy (non-hydrogen) atoms. The van der Waals surface area contributed by atoms with Gasteiger partial charge < -0.3 is 16.4 Å². The number of amides is 2. The largest absolute Gasteiger partial charge is 0.366 e. The van der Waals surface area contributed by atoms with Crippen LogP contribution in [0.2, 0.25) is 5.02 Å². The molecule has 152 valence electrons. The van der Waals surface area contributed by atoms with Gasteiger partial charge in [0.15, 0.2) is 5.82 Å². The molecule has 5 N–H and O–H groups in total. The molecule has 0 spiro atoms. The summed E-state index contributed by atoms with van der Waals surface area (Å²) < 4.78 is 0. The summed E-state index contributed by atoms with van der Waals surface area (Å²) in [6, 6.07) is 10.5. The zero-order valence-electron chi connectivity index (χ0n) is 15.5. The van der Waals surface area contributed by atoms with E-state index in [0.717, 1.165) is 35.9 Å². The average molecular weight is 434 g/mol. The molecule has 0 aliphatic carbocycles. The predicted octanol–water partition coefficient (Wildman–Crippen LogP) is 3.34. The number of rotatable bonds is 4. The first-order valence-electron chi connectivity index (χ1n) is 9.12. The molecule has 9 heteroatoms. The van der Waals surface area contributed by atoms with Crippen molar-refractivity contribution in [1.29, 1.82) is 0 Å². The predicted molar refractivity (Wildman–Crippen MR) is 117 cm³/mol. The fourth-order valence-corrected chi connectivity index (χ4v) is 3.70. The monoisotopic (exact) mass is 433 g/mol. The van der Waals surface area contributed by atoms with Crippen molar-refractivity contribution in [2.24, 2.45) is 11.7 Å². The van der Waals surface area contributed by atoms with Crippen LogP contribution in [0.1, 0.15) is 23.2 Å². The molecule has 2 heterocycles. The highest BCUT2D eigenvalue weighted by Crippen LogP contribution is 2.33. The SMILES string of the molecule is Cl.NC(=O)c1ccc(Cl)c(-c2ccc3[nH]nc(NC(=O)C4CCCNC4)c3c2)c1. The number of nitrogens with zero attached hydrogens (tertiary/aromatic N) is 1. The van der Waals surface area contributed by atoms with E-state index in [1.807, 2.05) is 18.2 Å². The Bertz CT molecular complexity index is 1060. The van der Waals surface area contributed by atoms with Crippen LogP contribution in [0.5, 0.6) is 0 Å². The lowest BCUT2D eigenvalue weighted by atomic mass is 9.98. The quantitative estimate of drug-likeness (QED) is 0.505. The molecule has 1 aromatic heterocycles. The van der Waals surface area contributed by atoms with E-state index in [0.29, 0.717) is 28.5 Å². The van der Waals surface area contributed by atoms with Gasteiger partial charge in [-0.2, -0.15) is 5.10 Å². The number of halogens is 2. The van der Waals surface area contributed by atoms with Gasteiger partial charge in [-0.1, -0.05) is 17.7 Å². The molecule has 1 aliphatic rings. The molecule has 3 aromatic rings. The maximum absolute atomic E-state index is 12.6. The van der Waals surface area contributed by atoms with Gasteiger partial charge >= 0.3 is 0 Å². The van der Waals surface area contributed by atoms with Crippen molar-refractivity contribution in [3.63, 3.8) is 0 Å². The molecule has 4 rings (SSSR count). The Labute approximate surface area is 178 Å². The lowest BCUT2D eigenvalue weighted by Gasteiger charge is -2.21. The maximum Gasteiger partial charge on any atom is 0.248 e. The molecule has 1 fully saturated rings. The fourth-order valence-electron chi connectivity index (χ4n) is 3.47. The van der Waals surface area contributed by atoms with Gasteiger partial charge in [-0.05, 0) is 55.3 Å². The minimum atomic E-state index is -0.517. The Kier molecular flexibility index (Phi) is 6.42. The number of aromatic amines is 1. The fraction of sp³-hybridized carbons (Fsp3) is 0.250. The van der Waals surface area contributed by atoms with E-state index in [-0.39, 0.29) is 24.2 Å². The van der Waals surface area contributed by atoms with Gasteiger partial charge in [0.25, 0.3) is 0 Å². The molecule has 1 unspecified atom stereocenters. The zero-order valence-corrected chi connectivity index (χ0v) is 17.1. The van der Waals surface area contributed by atoms with Gasteiger partial charge in [0.1, 0.15) is 0 Å². The van der Waals surface area contributed by atoms with Crippen molar-refractivity contribution in [3.05, 3.63) is 47.0 Å². The number of hydrogen-bond donors (Lipinski definition) is 4. The van der Waals surface area contributed by atoms with Crippen LogP contribution in [-0.4, -0.2) is 35.1 Å². The molecule has 1 saturated heterocycles. The standard InChI is InChI=1S/C20H20ClN5O2.ClH/c21-16-5-3-12(18(22)27)9-14(16)11-4-6-17-15(8-11)19(26-25-17)24-20(28)13-2-1-7-23-10-13;/h3-6,8-9,13,23H,1-2,7,10H2,(H2,22,27)(H2,24,25,26,28);1H. The number of nitrogens with one attached hydrogen (secondary N) is 3. The summed E-state index contributed by atoms with van der Waals surface area (Å²) in [5, 5.41) is 14.6. The Morgan fingerprint density at radius 3 is 2.76 bits per heavy atom. The highest BCUT2D eigenvalue weighted by atomic mass is 35.5. The lowest BCUT2D eigenvalue weighted by molar-refractivity contribution is -0.120. The van der Waals surface area contributed by atoms with Crippen LogP contribution in [0, 0.1) is 5.92 Å². The van der Waals surface area contributed by atoms with Crippen molar-refractivity contribution in [2.45, 2.75) is 12.8 Å². The van der Waals surface area contributed by atoms with Crippen molar-refractivity contribution in [1.82, 2.24) is 15.5 Å². The number of primary amides is 1. The number of carbonyl (C=O) groups is 2. The van der Waals surface area contributed by atoms with Crippen molar-refractivity contribution in [3.8, 4) is 11.1 Å². The number of fused-ring (bicyclic) bond motifs is 1. The number of carbonyl (C=O) groups excluding carboxylic acids is 2. The third-order valence-electron chi connectivity index (χ3n) is 5.03. The first kappa shape index (κ1) is 21.1. The number of benzene rings is 2. The maximum atomic E-state index is 12.6. The first-order chi connectivity index (χ1) is 13.5. The van der Waals surface area contributed by atoms with Crippen LogP contribution in [0.4, 0.5) is 5.82 Å². The Hall–Kier alpha value is -2.61. The Morgan fingerprint density at radius 1 is 1.21 bits per heavy atom. The zero-order chi connectivity index (χ0) is 19.7. The molecule has 7 nitrogen and oxygen atoms in total. The van der Waals surface area contributed by atoms with Gasteiger partial charge in [0.2, 0.25) is 11.8 Å². The van der Waals surface area contributed by atoms with E-state index < -0.39 is 5.91 Å². The molecular formula is C20H21Cl2N5O2. The average Bonchev–Trinajstić information content (AvgIpc) is 3.11. The van der Waals surface area contributed by atoms with E-state index in [9.17, 15) is 9.59 Å². The molecule has 1 atom stereocenters. The highest BCUT2D eigenvalue weighted by Gasteiger charge is 2.22. The van der Waals surface area contributed by atoms with Crippen LogP contribution in [-0.2, 0) is 4.79 Å². The normalized spacial score (nSPS) is 16.2. The van der Waals surface area contributed by atoms with Crippen molar-refractivity contribution >= 4 is 52.5 Å². The Balaban J connectivity index is 0.00000240. The van der Waals surface area contributed by atoms with E-state index in [1.165, 1.54) is 0 Å². The summed E-state index contributed by atoms with van der Waals surface area (Å²) in [5.74, 6) is -0.143. The van der Waals surface area contributed by atoms with Crippen molar-refractivity contribution < 1.29 is 9.59 Å². The first-order valence-corrected chi connectivity index (χ1v) is 9.50. The smallest absolute Gasteiger partial charge is 0.248 e. The number of aromatic nitrogens is 2. The van der Waals surface area contributed by atoms with E-state index >= 15 is 0 Å². The van der Waals surface area contributed by atoms with Crippen LogP contribution in [0.25, 0.3) is 22.0 Å². The molecule has 0 saturated carbocycles. The van der Waals surface area contributed by atoms with Crippen LogP contribution in [0.3, 0.4) is 0 Å². The van der Waals surface area contributed by atoms with Crippen LogP contribution >= 0.6 is 24.0 Å². The molecule has 0 radical (unpaired) electrons.